The Labute approximate surface area is 140 Å². The average molecular weight is 318 g/mol. The predicted molar refractivity (Wildman–Crippen MR) is 93.6 cm³/mol. The number of benzene rings is 1. The number of amides is 1. The Morgan fingerprint density at radius 2 is 2.17 bits per heavy atom. The van der Waals surface area contributed by atoms with Crippen LogP contribution in [0.5, 0.6) is 0 Å². The smallest absolute Gasteiger partial charge is 0.410 e. The van der Waals surface area contributed by atoms with Crippen molar-refractivity contribution in [2.75, 3.05) is 13.1 Å². The van der Waals surface area contributed by atoms with E-state index < -0.39 is 5.60 Å². The molecule has 4 heteroatoms. The maximum absolute atomic E-state index is 12.3. The minimum atomic E-state index is -0.438. The lowest BCUT2D eigenvalue weighted by molar-refractivity contribution is 0.0225. The van der Waals surface area contributed by atoms with Crippen molar-refractivity contribution in [2.45, 2.75) is 65.1 Å². The van der Waals surface area contributed by atoms with Gasteiger partial charge in [-0.15, -0.1) is 0 Å². The van der Waals surface area contributed by atoms with E-state index in [-0.39, 0.29) is 18.2 Å². The van der Waals surface area contributed by atoms with Crippen molar-refractivity contribution >= 4 is 6.09 Å². The Morgan fingerprint density at radius 1 is 1.43 bits per heavy atom. The molecule has 0 radical (unpaired) electrons. The molecule has 0 bridgehead atoms. The second-order valence-electron chi connectivity index (χ2n) is 7.51. The van der Waals surface area contributed by atoms with E-state index in [1.807, 2.05) is 25.7 Å². The lowest BCUT2D eigenvalue weighted by Gasteiger charge is -2.29. The third-order valence-electron chi connectivity index (χ3n) is 4.21. The lowest BCUT2D eigenvalue weighted by Crippen LogP contribution is -2.44. The van der Waals surface area contributed by atoms with Crippen LogP contribution in [0.2, 0.25) is 0 Å². The van der Waals surface area contributed by atoms with Crippen LogP contribution >= 0.6 is 0 Å². The molecule has 1 aromatic rings. The number of hydrogen-bond donors (Lipinski definition) is 1. The predicted octanol–water partition coefficient (Wildman–Crippen LogP) is 4.05. The first-order chi connectivity index (χ1) is 10.8. The number of carbonyl (C=O) groups excluding carboxylic acids is 1. The highest BCUT2D eigenvalue weighted by Crippen LogP contribution is 2.21. The molecule has 1 aromatic carbocycles. The largest absolute Gasteiger partial charge is 0.444 e. The molecule has 1 amide bonds. The number of hydrogen-bond acceptors (Lipinski definition) is 3. The summed E-state index contributed by atoms with van der Waals surface area (Å²) < 4.78 is 5.52. The van der Waals surface area contributed by atoms with Crippen molar-refractivity contribution in [2.24, 2.45) is 0 Å². The van der Waals surface area contributed by atoms with Crippen molar-refractivity contribution in [1.29, 1.82) is 0 Å². The highest BCUT2D eigenvalue weighted by Gasteiger charge is 2.32. The van der Waals surface area contributed by atoms with Crippen LogP contribution < -0.4 is 5.32 Å². The van der Waals surface area contributed by atoms with Gasteiger partial charge in [-0.2, -0.15) is 0 Å². The van der Waals surface area contributed by atoms with Crippen LogP contribution in [0.15, 0.2) is 24.3 Å². The zero-order valence-electron chi connectivity index (χ0n) is 15.1. The van der Waals surface area contributed by atoms with Gasteiger partial charge in [0.05, 0.1) is 0 Å². The Balaban J connectivity index is 1.90. The van der Waals surface area contributed by atoms with Crippen LogP contribution in [-0.4, -0.2) is 35.7 Å². The summed E-state index contributed by atoms with van der Waals surface area (Å²) in [6.07, 6.45) is 1.89. The fourth-order valence-electron chi connectivity index (χ4n) is 2.98. The van der Waals surface area contributed by atoms with Crippen LogP contribution in [0.4, 0.5) is 4.79 Å². The highest BCUT2D eigenvalue weighted by atomic mass is 16.6. The fourth-order valence-corrected chi connectivity index (χ4v) is 2.98. The molecule has 1 N–H and O–H groups in total. The van der Waals surface area contributed by atoms with Crippen molar-refractivity contribution in [3.05, 3.63) is 35.4 Å². The molecule has 128 valence electrons. The quantitative estimate of drug-likeness (QED) is 0.911. The number of ether oxygens (including phenoxy) is 1. The summed E-state index contributed by atoms with van der Waals surface area (Å²) in [5, 5.41) is 3.57. The summed E-state index contributed by atoms with van der Waals surface area (Å²) in [4.78, 5) is 14.2. The SMILES string of the molecule is Cc1cccc([C@@H](C)NCC2CCCN2C(=O)OC(C)(C)C)c1. The summed E-state index contributed by atoms with van der Waals surface area (Å²) in [6, 6.07) is 9.04. The first kappa shape index (κ1) is 17.8. The Kier molecular flexibility index (Phi) is 5.69. The van der Waals surface area contributed by atoms with Gasteiger partial charge in [-0.05, 0) is 53.0 Å². The number of rotatable bonds is 4. The van der Waals surface area contributed by atoms with E-state index in [0.29, 0.717) is 0 Å². The summed E-state index contributed by atoms with van der Waals surface area (Å²) >= 11 is 0. The fraction of sp³-hybridized carbons (Fsp3) is 0.632. The molecule has 1 unspecified atom stereocenters. The highest BCUT2D eigenvalue weighted by molar-refractivity contribution is 5.69. The van der Waals surface area contributed by atoms with E-state index in [1.165, 1.54) is 11.1 Å². The van der Waals surface area contributed by atoms with Gasteiger partial charge >= 0.3 is 6.09 Å². The second kappa shape index (κ2) is 7.35. The Bertz CT molecular complexity index is 536. The van der Waals surface area contributed by atoms with Gasteiger partial charge in [0.2, 0.25) is 0 Å². The number of aryl methyl sites for hydroxylation is 1. The maximum atomic E-state index is 12.3. The zero-order valence-corrected chi connectivity index (χ0v) is 15.1. The monoisotopic (exact) mass is 318 g/mol. The molecule has 1 aliphatic heterocycles. The molecule has 1 heterocycles. The Hall–Kier alpha value is -1.55. The number of nitrogens with zero attached hydrogens (tertiary/aromatic N) is 1. The van der Waals surface area contributed by atoms with Crippen molar-refractivity contribution in [3.8, 4) is 0 Å². The molecule has 4 nitrogen and oxygen atoms in total. The topological polar surface area (TPSA) is 41.6 Å². The molecular weight excluding hydrogens is 288 g/mol. The summed E-state index contributed by atoms with van der Waals surface area (Å²) in [7, 11) is 0. The van der Waals surface area contributed by atoms with Crippen molar-refractivity contribution in [3.63, 3.8) is 0 Å². The van der Waals surface area contributed by atoms with Crippen LogP contribution in [0, 0.1) is 6.92 Å². The van der Waals surface area contributed by atoms with Crippen molar-refractivity contribution in [1.82, 2.24) is 10.2 Å². The van der Waals surface area contributed by atoms with E-state index >= 15 is 0 Å². The molecule has 1 saturated heterocycles. The van der Waals surface area contributed by atoms with Gasteiger partial charge in [0.15, 0.2) is 0 Å². The minimum absolute atomic E-state index is 0.190. The molecule has 0 aliphatic carbocycles. The molecule has 23 heavy (non-hydrogen) atoms. The van der Waals surface area contributed by atoms with Crippen LogP contribution in [0.25, 0.3) is 0 Å². The van der Waals surface area contributed by atoms with E-state index in [0.717, 1.165) is 25.9 Å². The summed E-state index contributed by atoms with van der Waals surface area (Å²) in [5.41, 5.74) is 2.12. The van der Waals surface area contributed by atoms with Gasteiger partial charge in [0.25, 0.3) is 0 Å². The third kappa shape index (κ3) is 5.24. The number of likely N-dealkylation sites (tertiary alicyclic amines) is 1. The van der Waals surface area contributed by atoms with Gasteiger partial charge in [-0.25, -0.2) is 4.79 Å². The molecule has 1 fully saturated rings. The van der Waals surface area contributed by atoms with E-state index in [1.54, 1.807) is 0 Å². The molecule has 1 aliphatic rings. The number of carbonyl (C=O) groups is 1. The first-order valence-electron chi connectivity index (χ1n) is 8.56. The van der Waals surface area contributed by atoms with Crippen LogP contribution in [0.3, 0.4) is 0 Å². The Morgan fingerprint density at radius 3 is 2.83 bits per heavy atom. The first-order valence-corrected chi connectivity index (χ1v) is 8.56. The second-order valence-corrected chi connectivity index (χ2v) is 7.51. The molecule has 0 spiro atoms. The molecule has 2 rings (SSSR count). The maximum Gasteiger partial charge on any atom is 0.410 e. The van der Waals surface area contributed by atoms with E-state index in [4.69, 9.17) is 4.74 Å². The van der Waals surface area contributed by atoms with Gasteiger partial charge in [-0.3, -0.25) is 0 Å². The standard InChI is InChI=1S/C19H30N2O2/c1-14-8-6-9-16(12-14)15(2)20-13-17-10-7-11-21(17)18(22)23-19(3,4)5/h6,8-9,12,15,17,20H,7,10-11,13H2,1-5H3/t15-,17?/m1/s1. The molecule has 0 aromatic heterocycles. The average Bonchev–Trinajstić information content (AvgIpc) is 2.91. The lowest BCUT2D eigenvalue weighted by atomic mass is 10.1. The third-order valence-corrected chi connectivity index (χ3v) is 4.21. The van der Waals surface area contributed by atoms with Gasteiger partial charge < -0.3 is 15.0 Å². The summed E-state index contributed by atoms with van der Waals surface area (Å²) in [5.74, 6) is 0. The van der Waals surface area contributed by atoms with E-state index in [9.17, 15) is 4.79 Å². The van der Waals surface area contributed by atoms with Gasteiger partial charge in [-0.1, -0.05) is 29.8 Å². The summed E-state index contributed by atoms with van der Waals surface area (Å²) in [6.45, 7) is 11.6. The van der Waals surface area contributed by atoms with Gasteiger partial charge in [0.1, 0.15) is 5.60 Å². The normalized spacial score (nSPS) is 19.7. The molecule has 0 saturated carbocycles. The zero-order chi connectivity index (χ0) is 17.0. The van der Waals surface area contributed by atoms with Crippen LogP contribution in [0.1, 0.15) is 57.7 Å². The van der Waals surface area contributed by atoms with Crippen LogP contribution in [-0.2, 0) is 4.74 Å². The molecular formula is C19H30N2O2. The van der Waals surface area contributed by atoms with Gasteiger partial charge in [0, 0.05) is 25.2 Å². The van der Waals surface area contributed by atoms with Crippen molar-refractivity contribution < 1.29 is 9.53 Å². The molecule has 2 atom stereocenters. The number of nitrogens with one attached hydrogen (secondary N) is 1. The minimum Gasteiger partial charge on any atom is -0.444 e. The van der Waals surface area contributed by atoms with E-state index in [2.05, 4.69) is 43.4 Å².